The fourth-order valence-corrected chi connectivity index (χ4v) is 4.20. The highest BCUT2D eigenvalue weighted by atomic mass is 16.2. The van der Waals surface area contributed by atoms with Gasteiger partial charge < -0.3 is 16.5 Å². The second kappa shape index (κ2) is 6.74. The molecule has 0 aliphatic heterocycles. The average molecular weight is 350 g/mol. The Kier molecular flexibility index (Phi) is 4.28. The first-order valence-electron chi connectivity index (χ1n) is 8.93. The molecule has 0 unspecified atom stereocenters. The molecule has 2 aliphatic carbocycles. The molecule has 2 fully saturated rings. The summed E-state index contributed by atoms with van der Waals surface area (Å²) in [6.07, 6.45) is 9.06. The van der Waals surface area contributed by atoms with Crippen molar-refractivity contribution in [3.8, 4) is 0 Å². The van der Waals surface area contributed by atoms with E-state index in [0.717, 1.165) is 12.3 Å². The van der Waals surface area contributed by atoms with Crippen molar-refractivity contribution in [2.75, 3.05) is 5.32 Å². The minimum absolute atomic E-state index is 0.208. The van der Waals surface area contributed by atoms with E-state index in [1.807, 2.05) is 12.1 Å². The number of nitrogens with two attached hydrogens (primary N) is 1. The van der Waals surface area contributed by atoms with Gasteiger partial charge in [-0.3, -0.25) is 10.3 Å². The lowest BCUT2D eigenvalue weighted by atomic mass is 9.95. The van der Waals surface area contributed by atoms with Crippen molar-refractivity contribution in [3.63, 3.8) is 0 Å². The Morgan fingerprint density at radius 1 is 1.27 bits per heavy atom. The van der Waals surface area contributed by atoms with Gasteiger partial charge in [0, 0.05) is 35.8 Å². The summed E-state index contributed by atoms with van der Waals surface area (Å²) in [5.74, 6) is 1.89. The van der Waals surface area contributed by atoms with Crippen LogP contribution < -0.4 is 16.4 Å². The van der Waals surface area contributed by atoms with Gasteiger partial charge in [-0.15, -0.1) is 0 Å². The number of anilines is 1. The second-order valence-corrected chi connectivity index (χ2v) is 7.10. The van der Waals surface area contributed by atoms with Gasteiger partial charge in [0.05, 0.1) is 11.0 Å². The van der Waals surface area contributed by atoms with Gasteiger partial charge in [0.1, 0.15) is 5.82 Å². The normalized spacial score (nSPS) is 24.6. The van der Waals surface area contributed by atoms with E-state index in [0.29, 0.717) is 33.9 Å². The Hall–Kier alpha value is -2.96. The van der Waals surface area contributed by atoms with Crippen LogP contribution in [0.3, 0.4) is 0 Å². The molecule has 0 saturated heterocycles. The van der Waals surface area contributed by atoms with Crippen LogP contribution in [-0.4, -0.2) is 28.3 Å². The number of fused-ring (bicyclic) bond motifs is 3. The van der Waals surface area contributed by atoms with E-state index < -0.39 is 0 Å². The van der Waals surface area contributed by atoms with Crippen LogP contribution in [0.15, 0.2) is 30.6 Å². The molecular formula is C19H22N6O. The average Bonchev–Trinajstić information content (AvgIpc) is 3.25. The standard InChI is InChI=1S/C19H22N6O/c20-8-14(9-21)13-7-17-15(22-10-13)3-4-18(23-17)25-19(26)24-16-6-11-1-2-12(16)5-11/h3-4,7-12,16,20H,1-2,5-6,21H2,(H2,23,24,25,26)/b14-9+,20-8?/t11-,12+,16+/m1/s1. The van der Waals surface area contributed by atoms with Crippen LogP contribution in [0.1, 0.15) is 31.2 Å². The molecule has 0 spiro atoms. The molecule has 7 nitrogen and oxygen atoms in total. The molecule has 2 aliphatic rings. The van der Waals surface area contributed by atoms with Crippen LogP contribution in [0, 0.1) is 17.2 Å². The van der Waals surface area contributed by atoms with Gasteiger partial charge in [0.25, 0.3) is 0 Å². The molecule has 2 saturated carbocycles. The van der Waals surface area contributed by atoms with Crippen molar-refractivity contribution < 1.29 is 4.79 Å². The summed E-state index contributed by atoms with van der Waals surface area (Å²) < 4.78 is 0. The first-order chi connectivity index (χ1) is 12.7. The van der Waals surface area contributed by atoms with E-state index in [4.69, 9.17) is 11.1 Å². The summed E-state index contributed by atoms with van der Waals surface area (Å²) in [4.78, 5) is 21.1. The molecule has 5 N–H and O–H groups in total. The van der Waals surface area contributed by atoms with Crippen molar-refractivity contribution >= 4 is 34.7 Å². The highest BCUT2D eigenvalue weighted by molar-refractivity contribution is 6.08. The molecule has 134 valence electrons. The van der Waals surface area contributed by atoms with E-state index >= 15 is 0 Å². The van der Waals surface area contributed by atoms with Gasteiger partial charge >= 0.3 is 6.03 Å². The van der Waals surface area contributed by atoms with Crippen molar-refractivity contribution in [1.82, 2.24) is 15.3 Å². The lowest BCUT2D eigenvalue weighted by Gasteiger charge is -2.22. The highest BCUT2D eigenvalue weighted by Gasteiger charge is 2.40. The Labute approximate surface area is 151 Å². The maximum atomic E-state index is 12.3. The SMILES string of the molecule is N=C/C(=C\N)c1cnc2ccc(NC(=O)N[C@H]3C[C@@H]4CC[C@H]3C4)nc2c1. The third-order valence-electron chi connectivity index (χ3n) is 5.50. The number of hydrogen-bond donors (Lipinski definition) is 4. The maximum absolute atomic E-state index is 12.3. The number of pyridine rings is 2. The topological polar surface area (TPSA) is 117 Å². The fraction of sp³-hybridized carbons (Fsp3) is 0.368. The Bertz CT molecular complexity index is 893. The van der Waals surface area contributed by atoms with Crippen LogP contribution in [0.25, 0.3) is 16.6 Å². The molecule has 2 bridgehead atoms. The van der Waals surface area contributed by atoms with E-state index in [2.05, 4.69) is 20.6 Å². The van der Waals surface area contributed by atoms with Gasteiger partial charge in [-0.1, -0.05) is 6.42 Å². The zero-order valence-electron chi connectivity index (χ0n) is 14.4. The number of nitrogens with zero attached hydrogens (tertiary/aromatic N) is 2. The van der Waals surface area contributed by atoms with Gasteiger partial charge in [-0.2, -0.15) is 0 Å². The summed E-state index contributed by atoms with van der Waals surface area (Å²) in [7, 11) is 0. The zero-order valence-corrected chi connectivity index (χ0v) is 14.4. The molecule has 2 aromatic rings. The number of aromatic nitrogens is 2. The highest BCUT2D eigenvalue weighted by Crippen LogP contribution is 2.44. The predicted molar refractivity (Wildman–Crippen MR) is 102 cm³/mol. The van der Waals surface area contributed by atoms with Crippen molar-refractivity contribution in [2.45, 2.75) is 31.7 Å². The van der Waals surface area contributed by atoms with Crippen molar-refractivity contribution in [2.24, 2.45) is 17.6 Å². The molecular weight excluding hydrogens is 328 g/mol. The largest absolute Gasteiger partial charge is 0.404 e. The number of amides is 2. The van der Waals surface area contributed by atoms with Gasteiger partial charge in [0.15, 0.2) is 0 Å². The van der Waals surface area contributed by atoms with Crippen LogP contribution in [0.5, 0.6) is 0 Å². The summed E-state index contributed by atoms with van der Waals surface area (Å²) in [6, 6.07) is 5.44. The Morgan fingerprint density at radius 2 is 2.15 bits per heavy atom. The van der Waals surface area contributed by atoms with Crippen LogP contribution in [0.4, 0.5) is 10.6 Å². The number of allylic oxidation sites excluding steroid dienone is 1. The third kappa shape index (κ3) is 3.12. The predicted octanol–water partition coefficient (Wildman–Crippen LogP) is 2.89. The second-order valence-electron chi connectivity index (χ2n) is 7.10. The first kappa shape index (κ1) is 16.5. The minimum atomic E-state index is -0.208. The summed E-state index contributed by atoms with van der Waals surface area (Å²) in [6.45, 7) is 0. The van der Waals surface area contributed by atoms with Gasteiger partial charge in [0.2, 0.25) is 0 Å². The fourth-order valence-electron chi connectivity index (χ4n) is 4.20. The lowest BCUT2D eigenvalue weighted by Crippen LogP contribution is -2.41. The van der Waals surface area contributed by atoms with Gasteiger partial charge in [-0.25, -0.2) is 9.78 Å². The molecule has 26 heavy (non-hydrogen) atoms. The van der Waals surface area contributed by atoms with Crippen molar-refractivity contribution in [1.29, 1.82) is 5.41 Å². The number of rotatable bonds is 4. The number of carbonyl (C=O) groups is 1. The molecule has 0 radical (unpaired) electrons. The van der Waals surface area contributed by atoms with E-state index in [1.165, 1.54) is 31.7 Å². The summed E-state index contributed by atoms with van der Waals surface area (Å²) >= 11 is 0. The smallest absolute Gasteiger partial charge is 0.320 e. The van der Waals surface area contributed by atoms with Crippen molar-refractivity contribution in [3.05, 3.63) is 36.2 Å². The number of carbonyl (C=O) groups excluding carboxylic acids is 1. The maximum Gasteiger partial charge on any atom is 0.320 e. The van der Waals surface area contributed by atoms with E-state index in [-0.39, 0.29) is 12.1 Å². The monoisotopic (exact) mass is 350 g/mol. The first-order valence-corrected chi connectivity index (χ1v) is 8.93. The molecule has 3 atom stereocenters. The zero-order chi connectivity index (χ0) is 18.1. The van der Waals surface area contributed by atoms with E-state index in [9.17, 15) is 4.79 Å². The number of nitrogens with one attached hydrogen (secondary N) is 3. The Balaban J connectivity index is 1.49. The molecule has 2 aromatic heterocycles. The lowest BCUT2D eigenvalue weighted by molar-refractivity contribution is 0.242. The minimum Gasteiger partial charge on any atom is -0.404 e. The van der Waals surface area contributed by atoms with Crippen LogP contribution in [-0.2, 0) is 0 Å². The third-order valence-corrected chi connectivity index (χ3v) is 5.50. The molecule has 2 amide bonds. The molecule has 4 rings (SSSR count). The molecule has 7 heteroatoms. The molecule has 2 heterocycles. The van der Waals surface area contributed by atoms with E-state index in [1.54, 1.807) is 12.3 Å². The molecule has 0 aromatic carbocycles. The Morgan fingerprint density at radius 3 is 2.85 bits per heavy atom. The van der Waals surface area contributed by atoms with Crippen LogP contribution >= 0.6 is 0 Å². The quantitative estimate of drug-likeness (QED) is 0.634. The summed E-state index contributed by atoms with van der Waals surface area (Å²) in [5, 5.41) is 13.3. The number of hydrogen-bond acceptors (Lipinski definition) is 5. The van der Waals surface area contributed by atoms with Gasteiger partial charge in [-0.05, 0) is 49.3 Å². The summed E-state index contributed by atoms with van der Waals surface area (Å²) in [5.41, 5.74) is 8.17. The number of urea groups is 1. The van der Waals surface area contributed by atoms with Crippen LogP contribution in [0.2, 0.25) is 0 Å².